The summed E-state index contributed by atoms with van der Waals surface area (Å²) < 4.78 is 0. The van der Waals surface area contributed by atoms with Crippen LogP contribution in [0.2, 0.25) is 0 Å². The van der Waals surface area contributed by atoms with Crippen molar-refractivity contribution in [3.63, 3.8) is 0 Å². The molecule has 25 heavy (non-hydrogen) atoms. The largest absolute Gasteiger partial charge is 0.340 e. The van der Waals surface area contributed by atoms with Crippen LogP contribution in [-0.2, 0) is 11.2 Å². The molecule has 1 fully saturated rings. The first kappa shape index (κ1) is 15.6. The smallest absolute Gasteiger partial charge is 0.336 e. The summed E-state index contributed by atoms with van der Waals surface area (Å²) in [5.74, 6) is 0.598. The Bertz CT molecular complexity index is 961. The van der Waals surface area contributed by atoms with Crippen LogP contribution in [0.15, 0.2) is 41.3 Å². The Morgan fingerprint density at radius 3 is 3.04 bits per heavy atom. The molecule has 128 valence electrons. The van der Waals surface area contributed by atoms with Crippen LogP contribution in [0.4, 0.5) is 0 Å². The van der Waals surface area contributed by atoms with E-state index in [0.717, 1.165) is 35.9 Å². The summed E-state index contributed by atoms with van der Waals surface area (Å²) in [4.78, 5) is 32.7. The number of carbonyl (C=O) groups is 1. The van der Waals surface area contributed by atoms with E-state index < -0.39 is 0 Å². The maximum atomic E-state index is 12.6. The monoisotopic (exact) mass is 337 g/mol. The Kier molecular flexibility index (Phi) is 4.05. The van der Waals surface area contributed by atoms with Gasteiger partial charge in [-0.15, -0.1) is 0 Å². The fraction of sp³-hybridized carbons (Fsp3) is 0.333. The maximum Gasteiger partial charge on any atom is 0.340 e. The molecule has 3 heterocycles. The van der Waals surface area contributed by atoms with Gasteiger partial charge in [0.25, 0.3) is 0 Å². The van der Waals surface area contributed by atoms with E-state index in [4.69, 9.17) is 0 Å². The number of nitrogens with one attached hydrogen (secondary N) is 2. The molecule has 1 aliphatic heterocycles. The van der Waals surface area contributed by atoms with E-state index in [1.165, 1.54) is 0 Å². The molecule has 7 nitrogen and oxygen atoms in total. The fourth-order valence-corrected chi connectivity index (χ4v) is 3.47. The second kappa shape index (κ2) is 6.51. The Morgan fingerprint density at radius 2 is 2.20 bits per heavy atom. The van der Waals surface area contributed by atoms with Gasteiger partial charge in [0, 0.05) is 31.0 Å². The van der Waals surface area contributed by atoms with Crippen LogP contribution in [0.5, 0.6) is 0 Å². The molecule has 0 radical (unpaired) electrons. The van der Waals surface area contributed by atoms with Crippen molar-refractivity contribution in [3.05, 3.63) is 58.4 Å². The number of nitrogens with zero attached hydrogens (tertiary/aromatic N) is 3. The number of carbonyl (C=O) groups excluding carboxylic acids is 1. The van der Waals surface area contributed by atoms with Gasteiger partial charge >= 0.3 is 5.69 Å². The predicted molar refractivity (Wildman–Crippen MR) is 93.0 cm³/mol. The number of aryl methyl sites for hydroxylation is 1. The summed E-state index contributed by atoms with van der Waals surface area (Å²) in [5.41, 5.74) is 1.70. The van der Waals surface area contributed by atoms with Gasteiger partial charge in [-0.3, -0.25) is 14.8 Å². The molecule has 1 saturated heterocycles. The Balaban J connectivity index is 1.50. The van der Waals surface area contributed by atoms with Crippen LogP contribution in [-0.4, -0.2) is 37.5 Å². The lowest BCUT2D eigenvalue weighted by Gasteiger charge is -2.25. The van der Waals surface area contributed by atoms with Gasteiger partial charge in [-0.05, 0) is 30.5 Å². The number of rotatable bonds is 4. The van der Waals surface area contributed by atoms with Crippen LogP contribution in [0.1, 0.15) is 36.7 Å². The Morgan fingerprint density at radius 1 is 1.32 bits per heavy atom. The minimum atomic E-state index is -0.344. The molecule has 1 unspecified atom stereocenters. The van der Waals surface area contributed by atoms with Crippen LogP contribution in [0, 0.1) is 0 Å². The molecule has 1 aliphatic rings. The number of hydrogen-bond acceptors (Lipinski definition) is 4. The minimum absolute atomic E-state index is 0.0721. The van der Waals surface area contributed by atoms with Crippen LogP contribution < -0.4 is 5.69 Å². The lowest BCUT2D eigenvalue weighted by Crippen LogP contribution is -2.30. The highest BCUT2D eigenvalue weighted by molar-refractivity contribution is 5.80. The van der Waals surface area contributed by atoms with E-state index in [9.17, 15) is 9.59 Å². The first-order valence-electron chi connectivity index (χ1n) is 8.48. The van der Waals surface area contributed by atoms with Crippen LogP contribution >= 0.6 is 0 Å². The van der Waals surface area contributed by atoms with E-state index in [1.807, 2.05) is 35.4 Å². The lowest BCUT2D eigenvalue weighted by molar-refractivity contribution is -0.132. The van der Waals surface area contributed by atoms with Crippen molar-refractivity contribution in [1.82, 2.24) is 25.1 Å². The molecule has 7 heteroatoms. The number of para-hydroxylation sites is 1. The second-order valence-electron chi connectivity index (χ2n) is 6.33. The quantitative estimate of drug-likeness (QED) is 0.760. The van der Waals surface area contributed by atoms with Crippen LogP contribution in [0.25, 0.3) is 10.9 Å². The van der Waals surface area contributed by atoms with Crippen molar-refractivity contribution in [1.29, 1.82) is 0 Å². The zero-order chi connectivity index (χ0) is 17.2. The van der Waals surface area contributed by atoms with Gasteiger partial charge in [0.15, 0.2) is 0 Å². The third-order valence-corrected chi connectivity index (χ3v) is 4.70. The third kappa shape index (κ3) is 3.17. The molecule has 1 atom stereocenters. The molecule has 0 bridgehead atoms. The number of benzene rings is 1. The van der Waals surface area contributed by atoms with Crippen molar-refractivity contribution >= 4 is 16.8 Å². The summed E-state index contributed by atoms with van der Waals surface area (Å²) in [7, 11) is 0. The van der Waals surface area contributed by atoms with Gasteiger partial charge in [0.05, 0.1) is 11.6 Å². The van der Waals surface area contributed by atoms with E-state index >= 15 is 0 Å². The van der Waals surface area contributed by atoms with Gasteiger partial charge in [-0.25, -0.2) is 9.89 Å². The molecule has 2 aromatic heterocycles. The number of pyridine rings is 1. The molecule has 1 amide bonds. The summed E-state index contributed by atoms with van der Waals surface area (Å²) in [5, 5.41) is 7.26. The molecule has 4 rings (SSSR count). The molecular weight excluding hydrogens is 318 g/mol. The normalized spacial score (nSPS) is 17.3. The molecule has 0 aliphatic carbocycles. The average molecular weight is 337 g/mol. The summed E-state index contributed by atoms with van der Waals surface area (Å²) in [6.07, 6.45) is 4.58. The van der Waals surface area contributed by atoms with Gasteiger partial charge in [0.2, 0.25) is 5.91 Å². The molecule has 2 N–H and O–H groups in total. The number of H-pyrrole nitrogens is 2. The van der Waals surface area contributed by atoms with Gasteiger partial charge in [-0.1, -0.05) is 18.2 Å². The predicted octanol–water partition coefficient (Wildman–Crippen LogP) is 1.94. The molecule has 3 aromatic rings. The standard InChI is InChI=1S/C18H19N5O2/c24-17(8-7-16-20-18(25)22-21-16)23-9-3-6-15(23)13-10-12-4-1-2-5-14(12)19-11-13/h1-2,4-5,10-11,15H,3,6-9H2,(H2,20,21,22,25). The molecular formula is C18H19N5O2. The molecule has 0 saturated carbocycles. The van der Waals surface area contributed by atoms with Crippen LogP contribution in [0.3, 0.4) is 0 Å². The highest BCUT2D eigenvalue weighted by Crippen LogP contribution is 2.33. The maximum absolute atomic E-state index is 12.6. The van der Waals surface area contributed by atoms with E-state index in [0.29, 0.717) is 18.7 Å². The van der Waals surface area contributed by atoms with Gasteiger partial charge in [-0.2, -0.15) is 5.10 Å². The number of fused-ring (bicyclic) bond motifs is 1. The number of amides is 1. The van der Waals surface area contributed by atoms with Crippen molar-refractivity contribution in [3.8, 4) is 0 Å². The van der Waals surface area contributed by atoms with Gasteiger partial charge < -0.3 is 4.90 Å². The second-order valence-corrected chi connectivity index (χ2v) is 6.33. The van der Waals surface area contributed by atoms with Crippen molar-refractivity contribution < 1.29 is 4.79 Å². The number of hydrogen-bond donors (Lipinski definition) is 2. The van der Waals surface area contributed by atoms with Crippen molar-refractivity contribution in [2.75, 3.05) is 6.54 Å². The summed E-state index contributed by atoms with van der Waals surface area (Å²) >= 11 is 0. The first-order chi connectivity index (χ1) is 12.2. The van der Waals surface area contributed by atoms with Crippen molar-refractivity contribution in [2.45, 2.75) is 31.7 Å². The van der Waals surface area contributed by atoms with Gasteiger partial charge in [0.1, 0.15) is 5.82 Å². The van der Waals surface area contributed by atoms with Crippen molar-refractivity contribution in [2.24, 2.45) is 0 Å². The average Bonchev–Trinajstić information content (AvgIpc) is 3.28. The van der Waals surface area contributed by atoms with E-state index in [-0.39, 0.29) is 17.6 Å². The minimum Gasteiger partial charge on any atom is -0.336 e. The number of likely N-dealkylation sites (tertiary alicyclic amines) is 1. The SMILES string of the molecule is O=C(CCc1n[nH]c(=O)[nH]1)N1CCCC1c1cnc2ccccc2c1. The number of aromatic nitrogens is 4. The summed E-state index contributed by atoms with van der Waals surface area (Å²) in [6.45, 7) is 0.757. The summed E-state index contributed by atoms with van der Waals surface area (Å²) in [6, 6.07) is 10.2. The lowest BCUT2D eigenvalue weighted by atomic mass is 10.0. The zero-order valence-corrected chi connectivity index (χ0v) is 13.7. The molecule has 1 aromatic carbocycles. The van der Waals surface area contributed by atoms with E-state index in [2.05, 4.69) is 26.2 Å². The van der Waals surface area contributed by atoms with E-state index in [1.54, 1.807) is 0 Å². The highest BCUT2D eigenvalue weighted by atomic mass is 16.2. The number of aromatic amines is 2. The fourth-order valence-electron chi connectivity index (χ4n) is 3.47. The zero-order valence-electron chi connectivity index (χ0n) is 13.7. The highest BCUT2D eigenvalue weighted by Gasteiger charge is 2.30. The molecule has 0 spiro atoms. The topological polar surface area (TPSA) is 94.7 Å². The Hall–Kier alpha value is -2.96. The third-order valence-electron chi connectivity index (χ3n) is 4.70. The first-order valence-corrected chi connectivity index (χ1v) is 8.48. The Labute approximate surface area is 144 Å².